The average Bonchev–Trinajstić information content (AvgIpc) is 3.07. The van der Waals surface area contributed by atoms with Crippen molar-refractivity contribution < 1.29 is 13.9 Å². The monoisotopic (exact) mass is 320 g/mol. The first-order valence-corrected chi connectivity index (χ1v) is 8.58. The van der Waals surface area contributed by atoms with Crippen LogP contribution in [0.15, 0.2) is 24.3 Å². The molecule has 0 aliphatic carbocycles. The van der Waals surface area contributed by atoms with Gasteiger partial charge in [0.25, 0.3) is 0 Å². The lowest BCUT2D eigenvalue weighted by molar-refractivity contribution is 0.0102. The van der Waals surface area contributed by atoms with E-state index in [0.29, 0.717) is 5.92 Å². The number of hydrogen-bond donors (Lipinski definition) is 0. The van der Waals surface area contributed by atoms with Gasteiger partial charge in [-0.25, -0.2) is 4.39 Å². The Bertz CT molecular complexity index is 532. The molecular formula is C18H25FN2O2. The SMILES string of the molecule is Fc1ccc(CN2C[C@@H]3COC[C@]3(CN3CCOCC3)C2)cc1. The van der Waals surface area contributed by atoms with Gasteiger partial charge < -0.3 is 9.47 Å². The zero-order valence-electron chi connectivity index (χ0n) is 13.5. The molecular weight excluding hydrogens is 295 g/mol. The molecule has 0 saturated carbocycles. The van der Waals surface area contributed by atoms with E-state index in [1.54, 1.807) is 12.1 Å². The summed E-state index contributed by atoms with van der Waals surface area (Å²) >= 11 is 0. The molecule has 3 saturated heterocycles. The third-order valence-corrected chi connectivity index (χ3v) is 5.55. The van der Waals surface area contributed by atoms with Gasteiger partial charge in [0, 0.05) is 50.6 Å². The molecule has 1 aromatic carbocycles. The fourth-order valence-electron chi connectivity index (χ4n) is 4.34. The van der Waals surface area contributed by atoms with E-state index in [-0.39, 0.29) is 11.2 Å². The Morgan fingerprint density at radius 2 is 1.87 bits per heavy atom. The van der Waals surface area contributed by atoms with E-state index < -0.39 is 0 Å². The van der Waals surface area contributed by atoms with Crippen LogP contribution in [0.2, 0.25) is 0 Å². The molecule has 0 bridgehead atoms. The second-order valence-electron chi connectivity index (χ2n) is 7.26. The number of rotatable bonds is 4. The van der Waals surface area contributed by atoms with Crippen LogP contribution < -0.4 is 0 Å². The van der Waals surface area contributed by atoms with Crippen molar-refractivity contribution >= 4 is 0 Å². The number of benzene rings is 1. The Labute approximate surface area is 137 Å². The number of nitrogens with zero attached hydrogens (tertiary/aromatic N) is 2. The summed E-state index contributed by atoms with van der Waals surface area (Å²) in [4.78, 5) is 5.05. The number of morpholine rings is 1. The van der Waals surface area contributed by atoms with E-state index in [1.807, 2.05) is 12.1 Å². The van der Waals surface area contributed by atoms with Crippen LogP contribution >= 0.6 is 0 Å². The molecule has 4 rings (SSSR count). The largest absolute Gasteiger partial charge is 0.380 e. The standard InChI is InChI=1S/C18H25FN2O2/c19-17-3-1-15(2-4-17)9-21-10-16-11-23-14-18(16,13-21)12-20-5-7-22-8-6-20/h1-4,16H,5-14H2/t16-,18+/m1/s1. The summed E-state index contributed by atoms with van der Waals surface area (Å²) in [5.41, 5.74) is 1.45. The Kier molecular flexibility index (Phi) is 4.37. The smallest absolute Gasteiger partial charge is 0.123 e. The van der Waals surface area contributed by atoms with Crippen LogP contribution in [-0.2, 0) is 16.0 Å². The lowest BCUT2D eigenvalue weighted by Gasteiger charge is -2.36. The van der Waals surface area contributed by atoms with Gasteiger partial charge in [-0.2, -0.15) is 0 Å². The van der Waals surface area contributed by atoms with E-state index in [0.717, 1.165) is 65.7 Å². The molecule has 2 atom stereocenters. The molecule has 1 aromatic rings. The summed E-state index contributed by atoms with van der Waals surface area (Å²) in [5.74, 6) is 0.454. The van der Waals surface area contributed by atoms with E-state index in [4.69, 9.17) is 9.47 Å². The number of halogens is 1. The molecule has 23 heavy (non-hydrogen) atoms. The molecule has 3 aliphatic heterocycles. The summed E-state index contributed by atoms with van der Waals surface area (Å²) in [6, 6.07) is 6.90. The van der Waals surface area contributed by atoms with Crippen LogP contribution in [0.5, 0.6) is 0 Å². The highest BCUT2D eigenvalue weighted by atomic mass is 19.1. The predicted octanol–water partition coefficient (Wildman–Crippen LogP) is 1.61. The van der Waals surface area contributed by atoms with Crippen molar-refractivity contribution in [3.05, 3.63) is 35.6 Å². The Balaban J connectivity index is 1.42. The highest BCUT2D eigenvalue weighted by Gasteiger charge is 2.51. The first-order chi connectivity index (χ1) is 11.2. The molecule has 0 spiro atoms. The van der Waals surface area contributed by atoms with Gasteiger partial charge in [0.15, 0.2) is 0 Å². The molecule has 5 heteroatoms. The van der Waals surface area contributed by atoms with Gasteiger partial charge in [-0.05, 0) is 17.7 Å². The third-order valence-electron chi connectivity index (χ3n) is 5.55. The van der Waals surface area contributed by atoms with Gasteiger partial charge in [0.1, 0.15) is 5.82 Å². The van der Waals surface area contributed by atoms with Crippen molar-refractivity contribution in [2.75, 3.05) is 59.2 Å². The lowest BCUT2D eigenvalue weighted by atomic mass is 9.80. The highest BCUT2D eigenvalue weighted by Crippen LogP contribution is 2.42. The number of fused-ring (bicyclic) bond motifs is 1. The molecule has 0 N–H and O–H groups in total. The minimum absolute atomic E-state index is 0.163. The van der Waals surface area contributed by atoms with E-state index in [1.165, 1.54) is 5.56 Å². The van der Waals surface area contributed by atoms with E-state index in [2.05, 4.69) is 9.80 Å². The molecule has 126 valence electrons. The van der Waals surface area contributed by atoms with Gasteiger partial charge in [-0.3, -0.25) is 9.80 Å². The Morgan fingerprint density at radius 1 is 1.09 bits per heavy atom. The molecule has 4 nitrogen and oxygen atoms in total. The average molecular weight is 320 g/mol. The minimum Gasteiger partial charge on any atom is -0.380 e. The Hall–Kier alpha value is -1.01. The maximum atomic E-state index is 13.1. The van der Waals surface area contributed by atoms with Crippen LogP contribution in [-0.4, -0.2) is 69.0 Å². The molecule has 0 unspecified atom stereocenters. The van der Waals surface area contributed by atoms with Crippen molar-refractivity contribution in [1.82, 2.24) is 9.80 Å². The van der Waals surface area contributed by atoms with Crippen molar-refractivity contribution in [2.45, 2.75) is 6.54 Å². The van der Waals surface area contributed by atoms with Crippen LogP contribution in [0.1, 0.15) is 5.56 Å². The lowest BCUT2D eigenvalue weighted by Crippen LogP contribution is -2.47. The maximum absolute atomic E-state index is 13.1. The quantitative estimate of drug-likeness (QED) is 0.841. The van der Waals surface area contributed by atoms with E-state index in [9.17, 15) is 4.39 Å². The van der Waals surface area contributed by atoms with Crippen LogP contribution in [0.4, 0.5) is 4.39 Å². The van der Waals surface area contributed by atoms with Crippen molar-refractivity contribution in [1.29, 1.82) is 0 Å². The molecule has 0 radical (unpaired) electrons. The minimum atomic E-state index is -0.163. The van der Waals surface area contributed by atoms with Gasteiger partial charge in [0.05, 0.1) is 26.4 Å². The molecule has 0 aromatic heterocycles. The normalized spacial score (nSPS) is 32.3. The maximum Gasteiger partial charge on any atom is 0.123 e. The third kappa shape index (κ3) is 3.29. The zero-order valence-corrected chi connectivity index (χ0v) is 13.5. The number of hydrogen-bond acceptors (Lipinski definition) is 4. The number of likely N-dealkylation sites (tertiary alicyclic amines) is 1. The topological polar surface area (TPSA) is 24.9 Å². The highest BCUT2D eigenvalue weighted by molar-refractivity contribution is 5.16. The van der Waals surface area contributed by atoms with Crippen molar-refractivity contribution in [3.8, 4) is 0 Å². The van der Waals surface area contributed by atoms with Gasteiger partial charge >= 0.3 is 0 Å². The second-order valence-corrected chi connectivity index (χ2v) is 7.26. The van der Waals surface area contributed by atoms with Crippen molar-refractivity contribution in [3.63, 3.8) is 0 Å². The van der Waals surface area contributed by atoms with Gasteiger partial charge in [0.2, 0.25) is 0 Å². The molecule has 3 fully saturated rings. The predicted molar refractivity (Wildman–Crippen MR) is 85.7 cm³/mol. The summed E-state index contributed by atoms with van der Waals surface area (Å²) in [6.07, 6.45) is 0. The Morgan fingerprint density at radius 3 is 2.65 bits per heavy atom. The fourth-order valence-corrected chi connectivity index (χ4v) is 4.34. The molecule has 0 amide bonds. The summed E-state index contributed by atoms with van der Waals surface area (Å²) < 4.78 is 24.4. The first kappa shape index (κ1) is 15.5. The molecule has 3 heterocycles. The van der Waals surface area contributed by atoms with Crippen LogP contribution in [0.25, 0.3) is 0 Å². The van der Waals surface area contributed by atoms with Crippen LogP contribution in [0.3, 0.4) is 0 Å². The summed E-state index contributed by atoms with van der Waals surface area (Å²) in [6.45, 7) is 9.69. The van der Waals surface area contributed by atoms with Crippen molar-refractivity contribution in [2.24, 2.45) is 11.3 Å². The van der Waals surface area contributed by atoms with Crippen LogP contribution in [0, 0.1) is 17.2 Å². The van der Waals surface area contributed by atoms with Gasteiger partial charge in [-0.15, -0.1) is 0 Å². The second kappa shape index (κ2) is 6.48. The summed E-state index contributed by atoms with van der Waals surface area (Å²) in [7, 11) is 0. The first-order valence-electron chi connectivity index (χ1n) is 8.58. The summed E-state index contributed by atoms with van der Waals surface area (Å²) in [5, 5.41) is 0. The zero-order chi connectivity index (χ0) is 15.7. The van der Waals surface area contributed by atoms with E-state index >= 15 is 0 Å². The van der Waals surface area contributed by atoms with Gasteiger partial charge in [-0.1, -0.05) is 12.1 Å². The fraction of sp³-hybridized carbons (Fsp3) is 0.667. The number of ether oxygens (including phenoxy) is 2. The molecule has 3 aliphatic rings.